The Balaban J connectivity index is 0.000000246. The van der Waals surface area contributed by atoms with Crippen LogP contribution in [0.4, 0.5) is 13.2 Å². The molecule has 1 heterocycles. The van der Waals surface area contributed by atoms with Crippen molar-refractivity contribution in [3.63, 3.8) is 0 Å². The number of Topliss-reactive ketones (excluding diaryl/α,β-unsaturated/α-hetero) is 1. The summed E-state index contributed by atoms with van der Waals surface area (Å²) in [6.07, 6.45) is -3.56. The molecule has 4 nitrogen and oxygen atoms in total. The Hall–Kier alpha value is -1.89. The summed E-state index contributed by atoms with van der Waals surface area (Å²) < 4.78 is 31.5. The minimum atomic E-state index is -5.19. The van der Waals surface area contributed by atoms with Gasteiger partial charge in [-0.3, -0.25) is 4.79 Å². The Morgan fingerprint density at radius 3 is 2.25 bits per heavy atom. The molecule has 7 heteroatoms. The number of carboxylic acid groups (broad SMARTS) is 1. The third-order valence-corrected chi connectivity index (χ3v) is 2.79. The molecule has 1 aromatic carbocycles. The SMILES string of the molecule is O=C([O-])C(F)(F)F.O=C1CC[NH2+][C@H]1Cc1ccccc1. The zero-order chi connectivity index (χ0) is 15.2. The van der Waals surface area contributed by atoms with E-state index in [1.165, 1.54) is 5.56 Å². The van der Waals surface area contributed by atoms with Crippen molar-refractivity contribution in [2.24, 2.45) is 0 Å². The molecule has 0 radical (unpaired) electrons. The fourth-order valence-electron chi connectivity index (χ4n) is 1.81. The van der Waals surface area contributed by atoms with Gasteiger partial charge >= 0.3 is 6.18 Å². The molecule has 1 atom stereocenters. The first kappa shape index (κ1) is 16.2. The maximum absolute atomic E-state index is 11.3. The van der Waals surface area contributed by atoms with E-state index in [0.717, 1.165) is 19.4 Å². The van der Waals surface area contributed by atoms with E-state index in [1.54, 1.807) is 0 Å². The number of carboxylic acids is 1. The third kappa shape index (κ3) is 5.40. The average molecular weight is 289 g/mol. The Morgan fingerprint density at radius 2 is 1.85 bits per heavy atom. The van der Waals surface area contributed by atoms with Gasteiger partial charge in [-0.1, -0.05) is 30.3 Å². The number of rotatable bonds is 2. The fraction of sp³-hybridized carbons (Fsp3) is 0.385. The maximum Gasteiger partial charge on any atom is 0.430 e. The van der Waals surface area contributed by atoms with Crippen molar-refractivity contribution in [2.75, 3.05) is 6.54 Å². The lowest BCUT2D eigenvalue weighted by atomic mass is 10.0. The summed E-state index contributed by atoms with van der Waals surface area (Å²) in [5.41, 5.74) is 1.26. The zero-order valence-electron chi connectivity index (χ0n) is 10.5. The summed E-state index contributed by atoms with van der Waals surface area (Å²) in [7, 11) is 0. The monoisotopic (exact) mass is 289 g/mol. The maximum atomic E-state index is 11.3. The number of hydrogen-bond donors (Lipinski definition) is 1. The van der Waals surface area contributed by atoms with Crippen LogP contribution in [-0.2, 0) is 16.0 Å². The van der Waals surface area contributed by atoms with Crippen LogP contribution in [0.15, 0.2) is 30.3 Å². The Kier molecular flexibility index (Phi) is 5.69. The molecule has 0 unspecified atom stereocenters. The van der Waals surface area contributed by atoms with Crippen molar-refractivity contribution in [1.82, 2.24) is 0 Å². The molecule has 1 saturated heterocycles. The Labute approximate surface area is 113 Å². The first-order chi connectivity index (χ1) is 9.30. The van der Waals surface area contributed by atoms with Crippen LogP contribution in [0.25, 0.3) is 0 Å². The van der Waals surface area contributed by atoms with Gasteiger partial charge < -0.3 is 15.2 Å². The van der Waals surface area contributed by atoms with Gasteiger partial charge in [0.05, 0.1) is 13.0 Å². The van der Waals surface area contributed by atoms with Gasteiger partial charge in [0.15, 0.2) is 5.78 Å². The number of quaternary nitrogens is 1. The molecule has 20 heavy (non-hydrogen) atoms. The highest BCUT2D eigenvalue weighted by Crippen LogP contribution is 2.11. The number of carbonyl (C=O) groups is 2. The molecule has 0 spiro atoms. The molecular formula is C13H14F3NO3. The number of halogens is 3. The Bertz CT molecular complexity index is 460. The quantitative estimate of drug-likeness (QED) is 0.792. The standard InChI is InChI=1S/C11H13NO.C2HF3O2/c13-11-6-7-12-10(11)8-9-4-2-1-3-5-9;3-2(4,5)1(6)7/h1-5,10,12H,6-8H2;(H,6,7)/t10-;/m0./s1. The first-order valence-electron chi connectivity index (χ1n) is 5.99. The summed E-state index contributed by atoms with van der Waals surface area (Å²) in [6, 6.07) is 10.4. The lowest BCUT2D eigenvalue weighted by Crippen LogP contribution is -2.88. The van der Waals surface area contributed by atoms with Crippen molar-refractivity contribution in [1.29, 1.82) is 0 Å². The average Bonchev–Trinajstić information content (AvgIpc) is 2.76. The lowest BCUT2D eigenvalue weighted by molar-refractivity contribution is -0.662. The molecular weight excluding hydrogens is 275 g/mol. The number of carbonyl (C=O) groups excluding carboxylic acids is 2. The topological polar surface area (TPSA) is 73.8 Å². The highest BCUT2D eigenvalue weighted by atomic mass is 19.4. The van der Waals surface area contributed by atoms with Gasteiger partial charge in [0.25, 0.3) is 0 Å². The highest BCUT2D eigenvalue weighted by Gasteiger charge is 2.29. The number of hydrogen-bond acceptors (Lipinski definition) is 3. The van der Waals surface area contributed by atoms with Crippen molar-refractivity contribution < 1.29 is 33.2 Å². The van der Waals surface area contributed by atoms with Crippen molar-refractivity contribution in [3.05, 3.63) is 35.9 Å². The predicted octanol–water partition coefficient (Wildman–Crippen LogP) is -0.567. The van der Waals surface area contributed by atoms with Crippen molar-refractivity contribution in [3.8, 4) is 0 Å². The van der Waals surface area contributed by atoms with E-state index in [0.29, 0.717) is 5.78 Å². The van der Waals surface area contributed by atoms with Gasteiger partial charge in [-0.2, -0.15) is 13.2 Å². The van der Waals surface area contributed by atoms with Gasteiger partial charge in [0, 0.05) is 6.42 Å². The largest absolute Gasteiger partial charge is 0.542 e. The minimum absolute atomic E-state index is 0.183. The summed E-state index contributed by atoms with van der Waals surface area (Å²) in [4.78, 5) is 20.1. The number of nitrogens with two attached hydrogens (primary N) is 1. The smallest absolute Gasteiger partial charge is 0.430 e. The number of ketones is 1. The molecule has 0 saturated carbocycles. The van der Waals surface area contributed by atoms with E-state index < -0.39 is 12.1 Å². The first-order valence-corrected chi connectivity index (χ1v) is 5.99. The molecule has 2 N–H and O–H groups in total. The van der Waals surface area contributed by atoms with E-state index in [-0.39, 0.29) is 6.04 Å². The molecule has 0 aromatic heterocycles. The molecule has 1 aromatic rings. The van der Waals surface area contributed by atoms with Gasteiger partial charge in [-0.05, 0) is 5.56 Å². The minimum Gasteiger partial charge on any atom is -0.542 e. The summed E-state index contributed by atoms with van der Waals surface area (Å²) in [5, 5.41) is 10.9. The molecule has 1 aliphatic heterocycles. The van der Waals surface area contributed by atoms with Crippen LogP contribution in [0.5, 0.6) is 0 Å². The summed E-state index contributed by atoms with van der Waals surface area (Å²) >= 11 is 0. The van der Waals surface area contributed by atoms with E-state index in [1.807, 2.05) is 18.2 Å². The second kappa shape index (κ2) is 7.04. The molecule has 2 rings (SSSR count). The highest BCUT2D eigenvalue weighted by molar-refractivity contribution is 5.84. The Morgan fingerprint density at radius 1 is 1.30 bits per heavy atom. The lowest BCUT2D eigenvalue weighted by Gasteiger charge is -2.04. The molecule has 110 valence electrons. The number of alkyl halides is 3. The van der Waals surface area contributed by atoms with Gasteiger partial charge in [-0.15, -0.1) is 0 Å². The number of aliphatic carboxylic acids is 1. The van der Waals surface area contributed by atoms with E-state index in [9.17, 15) is 18.0 Å². The molecule has 0 amide bonds. The molecule has 1 fully saturated rings. The predicted molar refractivity (Wildman–Crippen MR) is 61.4 cm³/mol. The zero-order valence-corrected chi connectivity index (χ0v) is 10.5. The molecule has 0 bridgehead atoms. The van der Waals surface area contributed by atoms with Crippen LogP contribution in [0.2, 0.25) is 0 Å². The molecule has 0 aliphatic carbocycles. The third-order valence-electron chi connectivity index (χ3n) is 2.79. The normalized spacial score (nSPS) is 18.4. The van der Waals surface area contributed by atoms with Crippen LogP contribution in [0.3, 0.4) is 0 Å². The van der Waals surface area contributed by atoms with Gasteiger partial charge in [0.1, 0.15) is 12.0 Å². The van der Waals surface area contributed by atoms with Crippen molar-refractivity contribution >= 4 is 11.8 Å². The van der Waals surface area contributed by atoms with Crippen LogP contribution < -0.4 is 10.4 Å². The van der Waals surface area contributed by atoms with Crippen molar-refractivity contribution in [2.45, 2.75) is 25.1 Å². The van der Waals surface area contributed by atoms with Crippen LogP contribution in [0.1, 0.15) is 12.0 Å². The summed E-state index contributed by atoms with van der Waals surface area (Å²) in [6.45, 7) is 0.969. The number of benzene rings is 1. The van der Waals surface area contributed by atoms with Crippen LogP contribution in [-0.4, -0.2) is 30.5 Å². The van der Waals surface area contributed by atoms with E-state index in [2.05, 4.69) is 17.4 Å². The molecule has 1 aliphatic rings. The van der Waals surface area contributed by atoms with Crippen LogP contribution >= 0.6 is 0 Å². The summed E-state index contributed by atoms with van der Waals surface area (Å²) in [5.74, 6) is -2.60. The van der Waals surface area contributed by atoms with Gasteiger partial charge in [-0.25, -0.2) is 0 Å². The van der Waals surface area contributed by atoms with E-state index >= 15 is 0 Å². The van der Waals surface area contributed by atoms with Gasteiger partial charge in [0.2, 0.25) is 0 Å². The second-order valence-corrected chi connectivity index (χ2v) is 4.32. The van der Waals surface area contributed by atoms with E-state index in [4.69, 9.17) is 9.90 Å². The second-order valence-electron chi connectivity index (χ2n) is 4.32. The van der Waals surface area contributed by atoms with Crippen LogP contribution in [0, 0.1) is 0 Å². The fourth-order valence-corrected chi connectivity index (χ4v) is 1.81.